The zero-order valence-electron chi connectivity index (χ0n) is 6.68. The van der Waals surface area contributed by atoms with Crippen LogP contribution in [-0.4, -0.2) is 17.5 Å². The number of halogens is 1. The molecule has 1 saturated carbocycles. The summed E-state index contributed by atoms with van der Waals surface area (Å²) in [7, 11) is 0. The molecule has 0 amide bonds. The van der Waals surface area contributed by atoms with Gasteiger partial charge in [-0.1, -0.05) is 6.42 Å². The molecule has 0 aromatic rings. The Morgan fingerprint density at radius 1 is 1.45 bits per heavy atom. The smallest absolute Gasteiger partial charge is 0.302 e. The summed E-state index contributed by atoms with van der Waals surface area (Å²) in [4.78, 5) is 10.6. The number of ether oxygens (including phenoxy) is 1. The van der Waals surface area contributed by atoms with Crippen LogP contribution in [-0.2, 0) is 9.53 Å². The van der Waals surface area contributed by atoms with Crippen LogP contribution < -0.4 is 0 Å². The van der Waals surface area contributed by atoms with Crippen LogP contribution in [0.15, 0.2) is 0 Å². The molecule has 0 heterocycles. The summed E-state index contributed by atoms with van der Waals surface area (Å²) < 4.78 is 5.03. The maximum Gasteiger partial charge on any atom is 0.302 e. The van der Waals surface area contributed by atoms with Crippen LogP contribution in [0.4, 0.5) is 0 Å². The molecule has 64 valence electrons. The summed E-state index contributed by atoms with van der Waals surface area (Å²) in [5.74, 6) is -0.220. The van der Waals surface area contributed by atoms with Crippen LogP contribution in [0.25, 0.3) is 0 Å². The molecule has 0 N–H and O–H groups in total. The minimum Gasteiger partial charge on any atom is -0.461 e. The van der Waals surface area contributed by atoms with Crippen LogP contribution in [0.2, 0.25) is 0 Å². The zero-order chi connectivity index (χ0) is 8.27. The molecule has 3 heteroatoms. The Balaban J connectivity index is 2.35. The molecule has 0 saturated heterocycles. The predicted octanol–water partition coefficient (Wildman–Crippen LogP) is 2.10. The molecule has 11 heavy (non-hydrogen) atoms. The lowest BCUT2D eigenvalue weighted by Gasteiger charge is -2.26. The van der Waals surface area contributed by atoms with Crippen LogP contribution in [0.5, 0.6) is 0 Å². The lowest BCUT2D eigenvalue weighted by Crippen LogP contribution is -2.29. The van der Waals surface area contributed by atoms with Crippen molar-refractivity contribution in [2.45, 2.75) is 44.1 Å². The summed E-state index contributed by atoms with van der Waals surface area (Å²) in [5, 5.41) is 0.0349. The van der Waals surface area contributed by atoms with E-state index in [1.54, 1.807) is 0 Å². The van der Waals surface area contributed by atoms with Crippen LogP contribution in [0.3, 0.4) is 0 Å². The van der Waals surface area contributed by atoms with E-state index in [2.05, 4.69) is 0 Å². The molecule has 0 aromatic heterocycles. The molecular formula is C8H13ClO2. The molecule has 2 atom stereocenters. The molecule has 0 aromatic carbocycles. The standard InChI is InChI=1S/C8H13ClO2/c1-6(10)11-8-5-3-2-4-7(8)9/h7-8H,2-5H2,1H3. The maximum atomic E-state index is 10.6. The van der Waals surface area contributed by atoms with E-state index >= 15 is 0 Å². The highest BCUT2D eigenvalue weighted by molar-refractivity contribution is 6.21. The van der Waals surface area contributed by atoms with Gasteiger partial charge >= 0.3 is 5.97 Å². The van der Waals surface area contributed by atoms with Gasteiger partial charge in [0.1, 0.15) is 6.10 Å². The molecule has 1 fully saturated rings. The molecule has 1 rings (SSSR count). The Morgan fingerprint density at radius 3 is 2.64 bits per heavy atom. The van der Waals surface area contributed by atoms with Crippen molar-refractivity contribution in [1.29, 1.82) is 0 Å². The van der Waals surface area contributed by atoms with Gasteiger partial charge in [0.05, 0.1) is 5.38 Å². The van der Waals surface area contributed by atoms with Crippen molar-refractivity contribution < 1.29 is 9.53 Å². The summed E-state index contributed by atoms with van der Waals surface area (Å²) in [6, 6.07) is 0. The van der Waals surface area contributed by atoms with Gasteiger partial charge in [-0.3, -0.25) is 4.79 Å². The van der Waals surface area contributed by atoms with E-state index in [0.717, 1.165) is 25.7 Å². The molecular weight excluding hydrogens is 164 g/mol. The van der Waals surface area contributed by atoms with Gasteiger partial charge in [-0.2, -0.15) is 0 Å². The molecule has 2 nitrogen and oxygen atoms in total. The second kappa shape index (κ2) is 3.96. The van der Waals surface area contributed by atoms with Crippen molar-refractivity contribution >= 4 is 17.6 Å². The first-order valence-corrected chi connectivity index (χ1v) is 4.45. The summed E-state index contributed by atoms with van der Waals surface area (Å²) in [6.45, 7) is 1.43. The number of carbonyl (C=O) groups excluding carboxylic acids is 1. The Bertz CT molecular complexity index is 147. The number of hydrogen-bond acceptors (Lipinski definition) is 2. The second-order valence-corrected chi connectivity index (χ2v) is 3.51. The highest BCUT2D eigenvalue weighted by Gasteiger charge is 2.25. The van der Waals surface area contributed by atoms with Gasteiger partial charge in [0, 0.05) is 6.92 Å². The van der Waals surface area contributed by atoms with E-state index in [1.165, 1.54) is 6.92 Å². The summed E-state index contributed by atoms with van der Waals surface area (Å²) >= 11 is 5.95. The van der Waals surface area contributed by atoms with E-state index in [1.807, 2.05) is 0 Å². The predicted molar refractivity (Wildman–Crippen MR) is 43.7 cm³/mol. The van der Waals surface area contributed by atoms with E-state index in [9.17, 15) is 4.79 Å². The van der Waals surface area contributed by atoms with Gasteiger partial charge in [-0.25, -0.2) is 0 Å². The van der Waals surface area contributed by atoms with Crippen molar-refractivity contribution in [3.8, 4) is 0 Å². The number of hydrogen-bond donors (Lipinski definition) is 0. The number of carbonyl (C=O) groups is 1. The third kappa shape index (κ3) is 2.70. The van der Waals surface area contributed by atoms with Gasteiger partial charge in [0.2, 0.25) is 0 Å². The molecule has 0 radical (unpaired) electrons. The maximum absolute atomic E-state index is 10.6. The van der Waals surface area contributed by atoms with Crippen molar-refractivity contribution in [2.24, 2.45) is 0 Å². The van der Waals surface area contributed by atoms with Gasteiger partial charge in [-0.05, 0) is 19.3 Å². The first-order valence-electron chi connectivity index (χ1n) is 4.01. The Kier molecular flexibility index (Phi) is 3.18. The fourth-order valence-electron chi connectivity index (χ4n) is 1.40. The fourth-order valence-corrected chi connectivity index (χ4v) is 1.73. The summed E-state index contributed by atoms with van der Waals surface area (Å²) in [6.07, 6.45) is 4.14. The van der Waals surface area contributed by atoms with Gasteiger partial charge in [0.15, 0.2) is 0 Å². The highest BCUT2D eigenvalue weighted by atomic mass is 35.5. The van der Waals surface area contributed by atoms with Crippen molar-refractivity contribution in [1.82, 2.24) is 0 Å². The first kappa shape index (κ1) is 8.85. The van der Waals surface area contributed by atoms with Gasteiger partial charge in [-0.15, -0.1) is 11.6 Å². The van der Waals surface area contributed by atoms with Gasteiger partial charge < -0.3 is 4.74 Å². The molecule has 0 aliphatic heterocycles. The van der Waals surface area contributed by atoms with E-state index in [-0.39, 0.29) is 17.5 Å². The minimum atomic E-state index is -0.220. The lowest BCUT2D eigenvalue weighted by molar-refractivity contribution is -0.147. The van der Waals surface area contributed by atoms with E-state index < -0.39 is 0 Å². The number of rotatable bonds is 1. The molecule has 2 unspecified atom stereocenters. The monoisotopic (exact) mass is 176 g/mol. The molecule has 0 spiro atoms. The first-order chi connectivity index (χ1) is 5.20. The van der Waals surface area contributed by atoms with E-state index in [4.69, 9.17) is 16.3 Å². The topological polar surface area (TPSA) is 26.3 Å². The Morgan fingerprint density at radius 2 is 2.09 bits per heavy atom. The average Bonchev–Trinajstić information content (AvgIpc) is 1.93. The Labute approximate surface area is 71.9 Å². The van der Waals surface area contributed by atoms with Gasteiger partial charge in [0.25, 0.3) is 0 Å². The average molecular weight is 177 g/mol. The van der Waals surface area contributed by atoms with Crippen LogP contribution in [0, 0.1) is 0 Å². The van der Waals surface area contributed by atoms with Crippen molar-refractivity contribution in [2.75, 3.05) is 0 Å². The Hall–Kier alpha value is -0.240. The quantitative estimate of drug-likeness (QED) is 0.452. The fraction of sp³-hybridized carbons (Fsp3) is 0.875. The molecule has 1 aliphatic carbocycles. The number of esters is 1. The minimum absolute atomic E-state index is 0.0349. The molecule has 0 bridgehead atoms. The lowest BCUT2D eigenvalue weighted by atomic mass is 9.97. The molecule has 1 aliphatic rings. The van der Waals surface area contributed by atoms with E-state index in [0.29, 0.717) is 0 Å². The largest absolute Gasteiger partial charge is 0.461 e. The van der Waals surface area contributed by atoms with Crippen molar-refractivity contribution in [3.05, 3.63) is 0 Å². The van der Waals surface area contributed by atoms with Crippen LogP contribution in [0.1, 0.15) is 32.6 Å². The highest BCUT2D eigenvalue weighted by Crippen LogP contribution is 2.25. The third-order valence-corrected chi connectivity index (χ3v) is 2.44. The normalized spacial score (nSPS) is 31.5. The summed E-state index contributed by atoms with van der Waals surface area (Å²) in [5.41, 5.74) is 0. The van der Waals surface area contributed by atoms with Crippen LogP contribution >= 0.6 is 11.6 Å². The second-order valence-electron chi connectivity index (χ2n) is 2.95. The zero-order valence-corrected chi connectivity index (χ0v) is 7.43. The SMILES string of the molecule is CC(=O)OC1CCCCC1Cl. The third-order valence-electron chi connectivity index (χ3n) is 1.94. The number of alkyl halides is 1. The van der Waals surface area contributed by atoms with Crippen molar-refractivity contribution in [3.63, 3.8) is 0 Å².